The number of rotatable bonds is 3. The van der Waals surface area contributed by atoms with E-state index < -0.39 is 5.60 Å². The van der Waals surface area contributed by atoms with Crippen molar-refractivity contribution in [1.82, 2.24) is 0 Å². The van der Waals surface area contributed by atoms with Crippen LogP contribution in [-0.2, 0) is 11.2 Å². The zero-order valence-corrected chi connectivity index (χ0v) is 17.4. The Kier molecular flexibility index (Phi) is 4.47. The molecular formula is C27H32O2. The molecule has 1 aromatic rings. The van der Waals surface area contributed by atoms with Gasteiger partial charge in [0.05, 0.1) is 5.60 Å². The van der Waals surface area contributed by atoms with Crippen molar-refractivity contribution < 1.29 is 9.90 Å². The molecule has 1 N–H and O–H groups in total. The maximum atomic E-state index is 12.8. The molecule has 0 aliphatic heterocycles. The fraction of sp³-hybridized carbons (Fsp3) is 0.519. The highest BCUT2D eigenvalue weighted by Gasteiger charge is 2.58. The summed E-state index contributed by atoms with van der Waals surface area (Å²) >= 11 is 0. The van der Waals surface area contributed by atoms with Gasteiger partial charge in [-0.05, 0) is 78.6 Å². The number of aliphatic hydroxyl groups is 1. The van der Waals surface area contributed by atoms with E-state index in [1.807, 2.05) is 18.2 Å². The van der Waals surface area contributed by atoms with E-state index in [0.29, 0.717) is 48.7 Å². The number of carbonyl (C=O) groups excluding carboxylic acids is 1. The summed E-state index contributed by atoms with van der Waals surface area (Å²) in [5.41, 5.74) is 3.10. The average Bonchev–Trinajstić information content (AvgIpc) is 2.98. The minimum Gasteiger partial charge on any atom is -0.385 e. The van der Waals surface area contributed by atoms with Crippen LogP contribution < -0.4 is 0 Å². The summed E-state index contributed by atoms with van der Waals surface area (Å²) in [4.78, 5) is 12.8. The second-order valence-electron chi connectivity index (χ2n) is 10.1. The Balaban J connectivity index is 1.41. The maximum absolute atomic E-state index is 12.8. The first-order valence-corrected chi connectivity index (χ1v) is 11.3. The third kappa shape index (κ3) is 2.99. The Bertz CT molecular complexity index is 894. The number of allylic oxidation sites excluding steroid dienone is 3. The molecule has 6 atom stereocenters. The molecule has 2 heteroatoms. The third-order valence-electron chi connectivity index (χ3n) is 8.50. The van der Waals surface area contributed by atoms with Crippen molar-refractivity contribution >= 4 is 5.78 Å². The number of ketones is 1. The molecule has 3 saturated carbocycles. The van der Waals surface area contributed by atoms with E-state index in [4.69, 9.17) is 0 Å². The standard InChI is InChI=1S/C27H32O2/c1-3-19-15-24(28)26(2)13-11-22-21-12-14-27(29,16-18-7-5-4-6-8-18)17-20(21)9-10-23(22)25(19)26/h3-8,12,17,19,22-23,25,29H,1,9-11,13-16H2,2H3/t19-,22-,23-,25+,26-,27?/m1/s1. The van der Waals surface area contributed by atoms with Gasteiger partial charge in [-0.15, -0.1) is 6.58 Å². The van der Waals surface area contributed by atoms with Crippen molar-refractivity contribution in [2.24, 2.45) is 29.1 Å². The van der Waals surface area contributed by atoms with Gasteiger partial charge in [-0.1, -0.05) is 49.4 Å². The van der Waals surface area contributed by atoms with Crippen LogP contribution >= 0.6 is 0 Å². The second kappa shape index (κ2) is 6.80. The molecule has 29 heavy (non-hydrogen) atoms. The van der Waals surface area contributed by atoms with Gasteiger partial charge in [-0.3, -0.25) is 4.79 Å². The summed E-state index contributed by atoms with van der Waals surface area (Å²) in [6, 6.07) is 10.3. The molecular weight excluding hydrogens is 356 g/mol. The van der Waals surface area contributed by atoms with Gasteiger partial charge in [-0.2, -0.15) is 0 Å². The summed E-state index contributed by atoms with van der Waals surface area (Å²) in [7, 11) is 0. The molecule has 1 aromatic carbocycles. The normalized spacial score (nSPS) is 41.0. The van der Waals surface area contributed by atoms with Gasteiger partial charge in [0.1, 0.15) is 5.78 Å². The molecule has 0 aromatic heterocycles. The van der Waals surface area contributed by atoms with Gasteiger partial charge in [0, 0.05) is 18.3 Å². The van der Waals surface area contributed by atoms with Crippen LogP contribution in [0.3, 0.4) is 0 Å². The Morgan fingerprint density at radius 2 is 2.03 bits per heavy atom. The molecule has 4 aliphatic rings. The van der Waals surface area contributed by atoms with Crippen LogP contribution in [0.1, 0.15) is 51.0 Å². The smallest absolute Gasteiger partial charge is 0.139 e. The SMILES string of the molecule is C=C[C@@H]1CC(=O)[C@@]2(C)CC[C@@H]3C4=CCC(O)(Cc5ccccc5)C=C4CC[C@H]3[C@H]12. The van der Waals surface area contributed by atoms with Crippen LogP contribution in [0.2, 0.25) is 0 Å². The van der Waals surface area contributed by atoms with Crippen LogP contribution in [-0.4, -0.2) is 16.5 Å². The molecule has 152 valence electrons. The van der Waals surface area contributed by atoms with Crippen molar-refractivity contribution in [3.63, 3.8) is 0 Å². The molecule has 0 saturated heterocycles. The van der Waals surface area contributed by atoms with Crippen LogP contribution in [0, 0.1) is 29.1 Å². The van der Waals surface area contributed by atoms with Crippen molar-refractivity contribution in [2.75, 3.05) is 0 Å². The van der Waals surface area contributed by atoms with E-state index in [2.05, 4.69) is 43.9 Å². The van der Waals surface area contributed by atoms with Gasteiger partial charge in [0.25, 0.3) is 0 Å². The number of carbonyl (C=O) groups is 1. The largest absolute Gasteiger partial charge is 0.385 e. The van der Waals surface area contributed by atoms with Crippen molar-refractivity contribution in [1.29, 1.82) is 0 Å². The topological polar surface area (TPSA) is 37.3 Å². The van der Waals surface area contributed by atoms with Crippen molar-refractivity contribution in [2.45, 2.75) is 57.5 Å². The zero-order chi connectivity index (χ0) is 20.2. The number of Topliss-reactive ketones (excluding diaryl/α,β-unsaturated/α-hetero) is 1. The van der Waals surface area contributed by atoms with E-state index in [0.717, 1.165) is 25.7 Å². The molecule has 5 rings (SSSR count). The molecule has 1 unspecified atom stereocenters. The van der Waals surface area contributed by atoms with Crippen LogP contribution in [0.15, 0.2) is 66.3 Å². The van der Waals surface area contributed by atoms with Gasteiger partial charge < -0.3 is 5.11 Å². The Labute approximate surface area is 174 Å². The minimum absolute atomic E-state index is 0.148. The first kappa shape index (κ1) is 19.1. The lowest BCUT2D eigenvalue weighted by Crippen LogP contribution is -2.46. The third-order valence-corrected chi connectivity index (χ3v) is 8.50. The predicted octanol–water partition coefficient (Wildman–Crippen LogP) is 5.43. The highest BCUT2D eigenvalue weighted by atomic mass is 16.3. The lowest BCUT2D eigenvalue weighted by atomic mass is 9.53. The molecule has 4 aliphatic carbocycles. The first-order valence-electron chi connectivity index (χ1n) is 11.3. The number of benzene rings is 1. The Morgan fingerprint density at radius 1 is 1.24 bits per heavy atom. The quantitative estimate of drug-likeness (QED) is 0.701. The predicted molar refractivity (Wildman–Crippen MR) is 116 cm³/mol. The summed E-state index contributed by atoms with van der Waals surface area (Å²) < 4.78 is 0. The molecule has 0 amide bonds. The summed E-state index contributed by atoms with van der Waals surface area (Å²) in [5.74, 6) is 2.36. The van der Waals surface area contributed by atoms with E-state index in [-0.39, 0.29) is 5.41 Å². The molecule has 3 fully saturated rings. The highest BCUT2D eigenvalue weighted by molar-refractivity contribution is 5.88. The van der Waals surface area contributed by atoms with Gasteiger partial charge in [0.15, 0.2) is 0 Å². The van der Waals surface area contributed by atoms with Gasteiger partial charge in [0.2, 0.25) is 0 Å². The van der Waals surface area contributed by atoms with Crippen LogP contribution in [0.4, 0.5) is 0 Å². The van der Waals surface area contributed by atoms with E-state index in [9.17, 15) is 9.90 Å². The lowest BCUT2D eigenvalue weighted by molar-refractivity contribution is -0.129. The molecule has 0 heterocycles. The molecule has 0 radical (unpaired) electrons. The molecule has 0 bridgehead atoms. The number of fused-ring (bicyclic) bond motifs is 5. The highest BCUT2D eigenvalue weighted by Crippen LogP contribution is 2.62. The fourth-order valence-corrected chi connectivity index (χ4v) is 7.13. The average molecular weight is 389 g/mol. The second-order valence-corrected chi connectivity index (χ2v) is 10.1. The van der Waals surface area contributed by atoms with Gasteiger partial charge >= 0.3 is 0 Å². The fourth-order valence-electron chi connectivity index (χ4n) is 7.13. The summed E-state index contributed by atoms with van der Waals surface area (Å²) in [5, 5.41) is 11.3. The number of hydrogen-bond acceptors (Lipinski definition) is 2. The molecule has 2 nitrogen and oxygen atoms in total. The van der Waals surface area contributed by atoms with Gasteiger partial charge in [-0.25, -0.2) is 0 Å². The van der Waals surface area contributed by atoms with E-state index >= 15 is 0 Å². The lowest BCUT2D eigenvalue weighted by Gasteiger charge is -2.51. The van der Waals surface area contributed by atoms with E-state index in [1.165, 1.54) is 16.7 Å². The Morgan fingerprint density at radius 3 is 2.79 bits per heavy atom. The zero-order valence-electron chi connectivity index (χ0n) is 17.4. The summed E-state index contributed by atoms with van der Waals surface area (Å²) in [6.07, 6.45) is 12.9. The van der Waals surface area contributed by atoms with Crippen molar-refractivity contribution in [3.8, 4) is 0 Å². The minimum atomic E-state index is -0.775. The van der Waals surface area contributed by atoms with E-state index in [1.54, 1.807) is 0 Å². The van der Waals surface area contributed by atoms with Crippen molar-refractivity contribution in [3.05, 3.63) is 71.8 Å². The Hall–Kier alpha value is -1.93. The number of hydrogen-bond donors (Lipinski definition) is 1. The monoisotopic (exact) mass is 388 g/mol. The first-order chi connectivity index (χ1) is 13.9. The summed E-state index contributed by atoms with van der Waals surface area (Å²) in [6.45, 7) is 6.29. The van der Waals surface area contributed by atoms with Crippen LogP contribution in [0.25, 0.3) is 0 Å². The maximum Gasteiger partial charge on any atom is 0.139 e. The molecule has 0 spiro atoms. The van der Waals surface area contributed by atoms with Crippen LogP contribution in [0.5, 0.6) is 0 Å².